The molecule has 0 saturated heterocycles. The molecule has 0 radical (unpaired) electrons. The molecule has 1 unspecified atom stereocenters. The van der Waals surface area contributed by atoms with Gasteiger partial charge in [-0.25, -0.2) is 4.79 Å². The summed E-state index contributed by atoms with van der Waals surface area (Å²) in [6.45, 7) is 0.230. The number of benzene rings is 1. The number of esters is 1. The summed E-state index contributed by atoms with van der Waals surface area (Å²) in [6.07, 6.45) is 3.65. The molecule has 2 rings (SSSR count). The van der Waals surface area contributed by atoms with Crippen LogP contribution >= 0.6 is 0 Å². The Morgan fingerprint density at radius 2 is 2.30 bits per heavy atom. The highest BCUT2D eigenvalue weighted by molar-refractivity contribution is 5.96. The van der Waals surface area contributed by atoms with E-state index in [0.717, 1.165) is 17.5 Å². The van der Waals surface area contributed by atoms with E-state index in [9.17, 15) is 14.7 Å². The van der Waals surface area contributed by atoms with Crippen molar-refractivity contribution in [1.29, 1.82) is 0 Å². The number of methoxy groups -OCH3 is 1. The minimum atomic E-state index is -0.572. The van der Waals surface area contributed by atoms with E-state index in [1.807, 2.05) is 12.1 Å². The summed E-state index contributed by atoms with van der Waals surface area (Å²) in [6, 6.07) is 5.45. The molecule has 2 N–H and O–H groups in total. The van der Waals surface area contributed by atoms with Gasteiger partial charge in [-0.3, -0.25) is 4.79 Å². The molecule has 0 bridgehead atoms. The molecule has 5 heteroatoms. The molecule has 1 amide bonds. The summed E-state index contributed by atoms with van der Waals surface area (Å²) in [5.41, 5.74) is 2.25. The normalized spacial score (nSPS) is 17.0. The molecule has 20 heavy (non-hydrogen) atoms. The Balaban J connectivity index is 2.02. The van der Waals surface area contributed by atoms with E-state index in [1.54, 1.807) is 6.07 Å². The van der Waals surface area contributed by atoms with Gasteiger partial charge in [-0.15, -0.1) is 0 Å². The van der Waals surface area contributed by atoms with E-state index < -0.39 is 12.1 Å². The van der Waals surface area contributed by atoms with E-state index in [4.69, 9.17) is 0 Å². The van der Waals surface area contributed by atoms with Crippen molar-refractivity contribution in [3.05, 3.63) is 47.0 Å². The SMILES string of the molecule is COC(=O)/C=C/CNC(=O)c1cccc2c1C(O)CC2. The van der Waals surface area contributed by atoms with E-state index in [2.05, 4.69) is 10.1 Å². The van der Waals surface area contributed by atoms with Gasteiger partial charge in [0.25, 0.3) is 5.91 Å². The minimum absolute atomic E-state index is 0.230. The van der Waals surface area contributed by atoms with Gasteiger partial charge in [-0.1, -0.05) is 18.2 Å². The average Bonchev–Trinajstić information content (AvgIpc) is 2.84. The van der Waals surface area contributed by atoms with Crippen LogP contribution in [0.4, 0.5) is 0 Å². The molecular weight excluding hydrogens is 258 g/mol. The lowest BCUT2D eigenvalue weighted by Gasteiger charge is -2.11. The largest absolute Gasteiger partial charge is 0.466 e. The van der Waals surface area contributed by atoms with Gasteiger partial charge in [0.2, 0.25) is 0 Å². The van der Waals surface area contributed by atoms with Crippen molar-refractivity contribution in [2.45, 2.75) is 18.9 Å². The molecule has 0 aliphatic heterocycles. The summed E-state index contributed by atoms with van der Waals surface area (Å²) in [5.74, 6) is -0.715. The lowest BCUT2D eigenvalue weighted by molar-refractivity contribution is -0.134. The number of aliphatic hydroxyl groups is 1. The monoisotopic (exact) mass is 275 g/mol. The Hall–Kier alpha value is -2.14. The molecular formula is C15H17NO4. The van der Waals surface area contributed by atoms with Gasteiger partial charge in [-0.05, 0) is 30.0 Å². The Bertz CT molecular complexity index is 551. The number of hydrogen-bond acceptors (Lipinski definition) is 4. The number of aliphatic hydroxyl groups excluding tert-OH is 1. The Morgan fingerprint density at radius 1 is 1.50 bits per heavy atom. The Kier molecular flexibility index (Phi) is 4.53. The first kappa shape index (κ1) is 14.3. The highest BCUT2D eigenvalue weighted by Gasteiger charge is 2.25. The highest BCUT2D eigenvalue weighted by atomic mass is 16.5. The van der Waals surface area contributed by atoms with Crippen molar-refractivity contribution in [2.24, 2.45) is 0 Å². The second kappa shape index (κ2) is 6.34. The van der Waals surface area contributed by atoms with Crippen LogP contribution in [0.3, 0.4) is 0 Å². The van der Waals surface area contributed by atoms with Gasteiger partial charge in [0, 0.05) is 18.2 Å². The quantitative estimate of drug-likeness (QED) is 0.638. The number of nitrogens with one attached hydrogen (secondary N) is 1. The molecule has 0 heterocycles. The molecule has 0 saturated carbocycles. The maximum absolute atomic E-state index is 12.1. The predicted octanol–water partition coefficient (Wildman–Crippen LogP) is 1.13. The number of hydrogen-bond donors (Lipinski definition) is 2. The molecule has 1 aliphatic carbocycles. The second-order valence-corrected chi connectivity index (χ2v) is 4.57. The topological polar surface area (TPSA) is 75.6 Å². The number of amides is 1. The molecule has 1 aliphatic rings. The molecule has 0 fully saturated rings. The maximum atomic E-state index is 12.1. The van der Waals surface area contributed by atoms with Crippen LogP contribution in [0.2, 0.25) is 0 Å². The first-order valence-corrected chi connectivity index (χ1v) is 6.46. The summed E-state index contributed by atoms with van der Waals surface area (Å²) in [4.78, 5) is 23.0. The molecule has 1 aromatic rings. The van der Waals surface area contributed by atoms with Gasteiger partial charge in [0.1, 0.15) is 0 Å². The number of ether oxygens (including phenoxy) is 1. The molecule has 1 aromatic carbocycles. The predicted molar refractivity (Wildman–Crippen MR) is 73.2 cm³/mol. The van der Waals surface area contributed by atoms with E-state index >= 15 is 0 Å². The summed E-state index contributed by atoms with van der Waals surface area (Å²) < 4.78 is 4.44. The maximum Gasteiger partial charge on any atom is 0.330 e. The summed E-state index contributed by atoms with van der Waals surface area (Å²) >= 11 is 0. The number of aryl methyl sites for hydroxylation is 1. The van der Waals surface area contributed by atoms with Crippen molar-refractivity contribution < 1.29 is 19.4 Å². The number of rotatable bonds is 4. The third-order valence-electron chi connectivity index (χ3n) is 3.30. The fourth-order valence-electron chi connectivity index (χ4n) is 2.33. The molecule has 106 valence electrons. The van der Waals surface area contributed by atoms with Crippen LogP contribution in [0.15, 0.2) is 30.4 Å². The first-order valence-electron chi connectivity index (χ1n) is 6.46. The van der Waals surface area contributed by atoms with Crippen LogP contribution in [0.5, 0.6) is 0 Å². The number of fused-ring (bicyclic) bond motifs is 1. The van der Waals surface area contributed by atoms with Gasteiger partial charge in [-0.2, -0.15) is 0 Å². The highest BCUT2D eigenvalue weighted by Crippen LogP contribution is 2.33. The Labute approximate surface area is 117 Å². The summed E-state index contributed by atoms with van der Waals surface area (Å²) in [7, 11) is 1.29. The van der Waals surface area contributed by atoms with Crippen molar-refractivity contribution >= 4 is 11.9 Å². The zero-order valence-electron chi connectivity index (χ0n) is 11.3. The third kappa shape index (κ3) is 3.05. The van der Waals surface area contributed by atoms with Crippen LogP contribution in [0.25, 0.3) is 0 Å². The van der Waals surface area contributed by atoms with Crippen molar-refractivity contribution in [1.82, 2.24) is 5.32 Å². The second-order valence-electron chi connectivity index (χ2n) is 4.57. The number of carbonyl (C=O) groups is 2. The fraction of sp³-hybridized carbons (Fsp3) is 0.333. The smallest absolute Gasteiger partial charge is 0.330 e. The van der Waals surface area contributed by atoms with Gasteiger partial charge in [0.15, 0.2) is 0 Å². The average molecular weight is 275 g/mol. The van der Waals surface area contributed by atoms with Crippen LogP contribution in [0, 0.1) is 0 Å². The summed E-state index contributed by atoms with van der Waals surface area (Å²) in [5, 5.41) is 12.6. The lowest BCUT2D eigenvalue weighted by Crippen LogP contribution is -2.25. The van der Waals surface area contributed by atoms with Crippen LogP contribution in [0.1, 0.15) is 34.0 Å². The van der Waals surface area contributed by atoms with Crippen LogP contribution in [-0.4, -0.2) is 30.6 Å². The van der Waals surface area contributed by atoms with Crippen LogP contribution < -0.4 is 5.32 Å². The molecule has 5 nitrogen and oxygen atoms in total. The zero-order chi connectivity index (χ0) is 14.5. The lowest BCUT2D eigenvalue weighted by atomic mass is 10.0. The fourth-order valence-corrected chi connectivity index (χ4v) is 2.33. The third-order valence-corrected chi connectivity index (χ3v) is 3.30. The standard InChI is InChI=1S/C15H17NO4/c1-20-13(18)6-3-9-16-15(19)11-5-2-4-10-7-8-12(17)14(10)11/h2-6,12,17H,7-9H2,1H3,(H,16,19)/b6-3+. The molecule has 1 atom stereocenters. The van der Waals surface area contributed by atoms with Crippen molar-refractivity contribution in [3.8, 4) is 0 Å². The number of carbonyl (C=O) groups excluding carboxylic acids is 2. The first-order chi connectivity index (χ1) is 9.63. The molecule has 0 aromatic heterocycles. The van der Waals surface area contributed by atoms with Crippen molar-refractivity contribution in [3.63, 3.8) is 0 Å². The zero-order valence-corrected chi connectivity index (χ0v) is 11.3. The van der Waals surface area contributed by atoms with Gasteiger partial charge < -0.3 is 15.2 Å². The van der Waals surface area contributed by atoms with Crippen LogP contribution in [-0.2, 0) is 16.0 Å². The van der Waals surface area contributed by atoms with Crippen molar-refractivity contribution in [2.75, 3.05) is 13.7 Å². The van der Waals surface area contributed by atoms with E-state index in [1.165, 1.54) is 19.3 Å². The molecule has 0 spiro atoms. The minimum Gasteiger partial charge on any atom is -0.466 e. The Morgan fingerprint density at radius 3 is 3.05 bits per heavy atom. The van der Waals surface area contributed by atoms with Gasteiger partial charge >= 0.3 is 5.97 Å². The van der Waals surface area contributed by atoms with E-state index in [-0.39, 0.29) is 12.5 Å². The van der Waals surface area contributed by atoms with Gasteiger partial charge in [0.05, 0.1) is 13.2 Å². The van der Waals surface area contributed by atoms with E-state index in [0.29, 0.717) is 12.0 Å².